The topological polar surface area (TPSA) is 78.3 Å². The van der Waals surface area contributed by atoms with Gasteiger partial charge in [-0.2, -0.15) is 18.3 Å². The van der Waals surface area contributed by atoms with E-state index >= 15 is 0 Å². The van der Waals surface area contributed by atoms with E-state index in [2.05, 4.69) is 15.2 Å². The SMILES string of the molecule is O=c1[nH]nc(CCC2=NCC(C(F)(F)F)C=C2)cc1O. The fourth-order valence-corrected chi connectivity index (χ4v) is 1.75. The number of rotatable bonds is 3. The molecule has 5 nitrogen and oxygen atoms in total. The predicted molar refractivity (Wildman–Crippen MR) is 65.8 cm³/mol. The molecule has 0 fully saturated rings. The third-order valence-corrected chi connectivity index (χ3v) is 2.91. The van der Waals surface area contributed by atoms with E-state index in [4.69, 9.17) is 0 Å². The number of alkyl halides is 3. The molecule has 8 heteroatoms. The van der Waals surface area contributed by atoms with E-state index < -0.39 is 23.4 Å². The Labute approximate surface area is 111 Å². The van der Waals surface area contributed by atoms with Gasteiger partial charge in [-0.05, 0) is 18.9 Å². The van der Waals surface area contributed by atoms with E-state index in [0.717, 1.165) is 6.08 Å². The molecule has 2 heterocycles. The number of H-pyrrole nitrogens is 1. The third-order valence-electron chi connectivity index (χ3n) is 2.91. The Balaban J connectivity index is 1.93. The number of aromatic nitrogens is 2. The monoisotopic (exact) mass is 287 g/mol. The Morgan fingerprint density at radius 2 is 2.15 bits per heavy atom. The summed E-state index contributed by atoms with van der Waals surface area (Å²) in [6.07, 6.45) is -1.06. The fourth-order valence-electron chi connectivity index (χ4n) is 1.75. The van der Waals surface area contributed by atoms with E-state index in [0.29, 0.717) is 24.2 Å². The predicted octanol–water partition coefficient (Wildman–Crippen LogP) is 1.60. The van der Waals surface area contributed by atoms with Crippen molar-refractivity contribution in [2.24, 2.45) is 10.9 Å². The summed E-state index contributed by atoms with van der Waals surface area (Å²) in [7, 11) is 0. The molecular weight excluding hydrogens is 275 g/mol. The van der Waals surface area contributed by atoms with Gasteiger partial charge in [0.15, 0.2) is 5.75 Å². The maximum atomic E-state index is 12.4. The molecule has 0 spiro atoms. The number of dihydropyridines is 1. The van der Waals surface area contributed by atoms with Gasteiger partial charge in [-0.1, -0.05) is 6.08 Å². The lowest BCUT2D eigenvalue weighted by Crippen LogP contribution is -2.26. The van der Waals surface area contributed by atoms with Crippen LogP contribution in [-0.4, -0.2) is 33.7 Å². The number of nitrogens with zero attached hydrogens (tertiary/aromatic N) is 2. The summed E-state index contributed by atoms with van der Waals surface area (Å²) in [5.41, 5.74) is 0.297. The van der Waals surface area contributed by atoms with Gasteiger partial charge in [-0.3, -0.25) is 9.79 Å². The molecule has 0 aromatic carbocycles. The summed E-state index contributed by atoms with van der Waals surface area (Å²) in [5.74, 6) is -1.96. The number of nitrogens with one attached hydrogen (secondary N) is 1. The van der Waals surface area contributed by atoms with Crippen LogP contribution in [0.4, 0.5) is 13.2 Å². The van der Waals surface area contributed by atoms with Crippen molar-refractivity contribution in [2.45, 2.75) is 19.0 Å². The number of aromatic hydroxyl groups is 1. The van der Waals surface area contributed by atoms with Crippen molar-refractivity contribution in [3.05, 3.63) is 34.3 Å². The average molecular weight is 287 g/mol. The summed E-state index contributed by atoms with van der Waals surface area (Å²) in [6.45, 7) is -0.306. The second kappa shape index (κ2) is 5.48. The van der Waals surface area contributed by atoms with Gasteiger partial charge in [-0.15, -0.1) is 0 Å². The van der Waals surface area contributed by atoms with Crippen LogP contribution >= 0.6 is 0 Å². The highest BCUT2D eigenvalue weighted by molar-refractivity contribution is 5.95. The third kappa shape index (κ3) is 3.46. The van der Waals surface area contributed by atoms with Gasteiger partial charge in [0.25, 0.3) is 0 Å². The zero-order valence-corrected chi connectivity index (χ0v) is 10.3. The maximum absolute atomic E-state index is 12.4. The van der Waals surface area contributed by atoms with Crippen molar-refractivity contribution in [3.63, 3.8) is 0 Å². The molecule has 1 atom stereocenters. The second-order valence-electron chi connectivity index (χ2n) is 4.41. The first-order chi connectivity index (χ1) is 9.36. The minimum atomic E-state index is -4.27. The molecule has 0 bridgehead atoms. The Hall–Kier alpha value is -2.12. The lowest BCUT2D eigenvalue weighted by molar-refractivity contribution is -0.158. The number of aryl methyl sites for hydroxylation is 1. The van der Waals surface area contributed by atoms with Crippen LogP contribution in [0.15, 0.2) is 28.0 Å². The van der Waals surface area contributed by atoms with Crippen LogP contribution in [-0.2, 0) is 6.42 Å². The first-order valence-electron chi connectivity index (χ1n) is 5.92. The number of allylic oxidation sites excluding steroid dienone is 1. The maximum Gasteiger partial charge on any atom is 0.396 e. The molecule has 0 aliphatic carbocycles. The summed E-state index contributed by atoms with van der Waals surface area (Å²) >= 11 is 0. The molecule has 1 aromatic heterocycles. The first kappa shape index (κ1) is 14.3. The number of aliphatic imine (C=N–C) groups is 1. The van der Waals surface area contributed by atoms with Crippen LogP contribution in [0, 0.1) is 5.92 Å². The molecule has 1 aliphatic rings. The number of hydrogen-bond acceptors (Lipinski definition) is 4. The minimum Gasteiger partial charge on any atom is -0.503 e. The van der Waals surface area contributed by atoms with Crippen molar-refractivity contribution in [2.75, 3.05) is 6.54 Å². The van der Waals surface area contributed by atoms with Gasteiger partial charge in [-0.25, -0.2) is 5.10 Å². The normalized spacial score (nSPS) is 18.9. The average Bonchev–Trinajstić information content (AvgIpc) is 2.40. The van der Waals surface area contributed by atoms with Crippen LogP contribution in [0.5, 0.6) is 5.75 Å². The van der Waals surface area contributed by atoms with Crippen molar-refractivity contribution < 1.29 is 18.3 Å². The second-order valence-corrected chi connectivity index (χ2v) is 4.41. The van der Waals surface area contributed by atoms with Crippen LogP contribution in [0.3, 0.4) is 0 Å². The molecule has 2 N–H and O–H groups in total. The van der Waals surface area contributed by atoms with Gasteiger partial charge < -0.3 is 5.11 Å². The molecule has 2 rings (SSSR count). The van der Waals surface area contributed by atoms with Gasteiger partial charge in [0.2, 0.25) is 0 Å². The van der Waals surface area contributed by atoms with Crippen molar-refractivity contribution >= 4 is 5.71 Å². The molecule has 1 aromatic rings. The summed E-state index contributed by atoms with van der Waals surface area (Å²) in [5, 5.41) is 15.1. The summed E-state index contributed by atoms with van der Waals surface area (Å²) in [4.78, 5) is 14.8. The van der Waals surface area contributed by atoms with Gasteiger partial charge in [0.1, 0.15) is 0 Å². The van der Waals surface area contributed by atoms with E-state index in [9.17, 15) is 23.1 Å². The standard InChI is InChI=1S/C12H12F3N3O2/c13-12(14,15)7-1-2-8(16-6-7)3-4-9-5-10(19)11(20)18-17-9/h1-2,5,7H,3-4,6H2,(H,17,19)(H,18,20). The Kier molecular flexibility index (Phi) is 3.91. The highest BCUT2D eigenvalue weighted by atomic mass is 19.4. The van der Waals surface area contributed by atoms with Crippen LogP contribution in [0.25, 0.3) is 0 Å². The summed E-state index contributed by atoms with van der Waals surface area (Å²) in [6, 6.07) is 1.23. The van der Waals surface area contributed by atoms with Crippen molar-refractivity contribution in [1.29, 1.82) is 0 Å². The Morgan fingerprint density at radius 3 is 2.70 bits per heavy atom. The van der Waals surface area contributed by atoms with E-state index in [1.54, 1.807) is 0 Å². The van der Waals surface area contributed by atoms with Gasteiger partial charge >= 0.3 is 11.7 Å². The first-order valence-corrected chi connectivity index (χ1v) is 5.92. The number of hydrogen-bond donors (Lipinski definition) is 2. The highest BCUT2D eigenvalue weighted by Crippen LogP contribution is 2.29. The van der Waals surface area contributed by atoms with Gasteiger partial charge in [0.05, 0.1) is 18.2 Å². The molecule has 0 radical (unpaired) electrons. The fraction of sp³-hybridized carbons (Fsp3) is 0.417. The Morgan fingerprint density at radius 1 is 1.40 bits per heavy atom. The smallest absolute Gasteiger partial charge is 0.396 e. The van der Waals surface area contributed by atoms with E-state index in [1.807, 2.05) is 0 Å². The zero-order chi connectivity index (χ0) is 14.8. The molecule has 108 valence electrons. The molecule has 0 saturated carbocycles. The quantitative estimate of drug-likeness (QED) is 0.886. The number of halogens is 3. The molecule has 1 aliphatic heterocycles. The minimum absolute atomic E-state index is 0.306. The largest absolute Gasteiger partial charge is 0.503 e. The molecule has 1 unspecified atom stereocenters. The molecule has 0 amide bonds. The molecule has 20 heavy (non-hydrogen) atoms. The Bertz CT molecular complexity index is 605. The van der Waals surface area contributed by atoms with Crippen molar-refractivity contribution in [1.82, 2.24) is 10.2 Å². The van der Waals surface area contributed by atoms with E-state index in [1.165, 1.54) is 12.1 Å². The lowest BCUT2D eigenvalue weighted by atomic mass is 10.0. The van der Waals surface area contributed by atoms with Crippen LogP contribution in [0.1, 0.15) is 12.1 Å². The number of aromatic amines is 1. The van der Waals surface area contributed by atoms with Crippen LogP contribution < -0.4 is 5.56 Å². The van der Waals surface area contributed by atoms with Gasteiger partial charge in [0, 0.05) is 11.8 Å². The molecular formula is C12H12F3N3O2. The lowest BCUT2D eigenvalue weighted by Gasteiger charge is -2.18. The zero-order valence-electron chi connectivity index (χ0n) is 10.3. The molecule has 0 saturated heterocycles. The van der Waals surface area contributed by atoms with E-state index in [-0.39, 0.29) is 6.54 Å². The summed E-state index contributed by atoms with van der Waals surface area (Å²) < 4.78 is 37.2. The van der Waals surface area contributed by atoms with Crippen LogP contribution in [0.2, 0.25) is 0 Å². The highest BCUT2D eigenvalue weighted by Gasteiger charge is 2.38. The van der Waals surface area contributed by atoms with Crippen molar-refractivity contribution in [3.8, 4) is 5.75 Å².